The van der Waals surface area contributed by atoms with E-state index in [0.29, 0.717) is 25.1 Å². The molecule has 26 heavy (non-hydrogen) atoms. The molecule has 2 aromatic rings. The van der Waals surface area contributed by atoms with E-state index in [-0.39, 0.29) is 18.3 Å². The lowest BCUT2D eigenvalue weighted by atomic mass is 9.98. The highest BCUT2D eigenvalue weighted by atomic mass is 19.1. The Morgan fingerprint density at radius 3 is 2.54 bits per heavy atom. The van der Waals surface area contributed by atoms with Gasteiger partial charge in [-0.1, -0.05) is 30.3 Å². The number of likely N-dealkylation sites (tertiary alicyclic amines) is 1. The molecule has 1 aliphatic heterocycles. The van der Waals surface area contributed by atoms with E-state index in [1.54, 1.807) is 6.92 Å². The van der Waals surface area contributed by atoms with Gasteiger partial charge >= 0.3 is 6.09 Å². The number of hydrogen-bond donors (Lipinski definition) is 1. The van der Waals surface area contributed by atoms with Crippen LogP contribution in [0.2, 0.25) is 0 Å². The standard InChI is InChI=1S/C20H21FN2O3/c1-20(18(24)22-17-10-8-16(21)9-11-17)12-5-13-23(20)19(25)26-14-15-6-3-2-4-7-15/h2-4,6-11H,5,12-14H2,1H3,(H,22,24). The van der Waals surface area contributed by atoms with Crippen molar-refractivity contribution < 1.29 is 18.7 Å². The zero-order valence-electron chi connectivity index (χ0n) is 14.6. The Balaban J connectivity index is 1.65. The smallest absolute Gasteiger partial charge is 0.410 e. The van der Waals surface area contributed by atoms with Crippen LogP contribution in [0.25, 0.3) is 0 Å². The van der Waals surface area contributed by atoms with Gasteiger partial charge in [0, 0.05) is 12.2 Å². The van der Waals surface area contributed by atoms with Gasteiger partial charge in [-0.25, -0.2) is 9.18 Å². The summed E-state index contributed by atoms with van der Waals surface area (Å²) in [6, 6.07) is 14.9. The van der Waals surface area contributed by atoms with Gasteiger partial charge in [-0.05, 0) is 49.6 Å². The Morgan fingerprint density at radius 2 is 1.85 bits per heavy atom. The molecular weight excluding hydrogens is 335 g/mol. The average Bonchev–Trinajstić information content (AvgIpc) is 3.05. The van der Waals surface area contributed by atoms with Crippen molar-refractivity contribution in [2.24, 2.45) is 0 Å². The topological polar surface area (TPSA) is 58.6 Å². The first kappa shape index (κ1) is 17.9. The molecule has 1 N–H and O–H groups in total. The summed E-state index contributed by atoms with van der Waals surface area (Å²) in [5, 5.41) is 2.76. The van der Waals surface area contributed by atoms with Crippen LogP contribution in [0, 0.1) is 5.82 Å². The SMILES string of the molecule is CC1(C(=O)Nc2ccc(F)cc2)CCCN1C(=O)OCc1ccccc1. The first-order chi connectivity index (χ1) is 12.5. The number of rotatable bonds is 4. The minimum absolute atomic E-state index is 0.159. The molecule has 1 aliphatic rings. The van der Waals surface area contributed by atoms with Crippen molar-refractivity contribution in [3.8, 4) is 0 Å². The molecule has 1 unspecified atom stereocenters. The lowest BCUT2D eigenvalue weighted by Crippen LogP contribution is -2.53. The maximum Gasteiger partial charge on any atom is 0.410 e. The van der Waals surface area contributed by atoms with E-state index in [9.17, 15) is 14.0 Å². The summed E-state index contributed by atoms with van der Waals surface area (Å²) < 4.78 is 18.4. The van der Waals surface area contributed by atoms with Crippen molar-refractivity contribution in [1.29, 1.82) is 0 Å². The van der Waals surface area contributed by atoms with Gasteiger partial charge in [-0.3, -0.25) is 9.69 Å². The fourth-order valence-corrected chi connectivity index (χ4v) is 3.09. The van der Waals surface area contributed by atoms with Crippen molar-refractivity contribution in [2.75, 3.05) is 11.9 Å². The number of carbonyl (C=O) groups excluding carboxylic acids is 2. The monoisotopic (exact) mass is 356 g/mol. The summed E-state index contributed by atoms with van der Waals surface area (Å²) in [5.74, 6) is -0.681. The second kappa shape index (κ2) is 7.56. The molecule has 6 heteroatoms. The molecule has 2 aromatic carbocycles. The number of carbonyl (C=O) groups is 2. The summed E-state index contributed by atoms with van der Waals surface area (Å²) >= 11 is 0. The molecule has 1 fully saturated rings. The van der Waals surface area contributed by atoms with Gasteiger partial charge < -0.3 is 10.1 Å². The number of halogens is 1. The molecule has 0 radical (unpaired) electrons. The molecule has 136 valence electrons. The lowest BCUT2D eigenvalue weighted by Gasteiger charge is -2.33. The first-order valence-corrected chi connectivity index (χ1v) is 8.54. The quantitative estimate of drug-likeness (QED) is 0.902. The summed E-state index contributed by atoms with van der Waals surface area (Å²) in [6.45, 7) is 2.34. The van der Waals surface area contributed by atoms with Crippen molar-refractivity contribution in [3.05, 3.63) is 66.0 Å². The summed E-state index contributed by atoms with van der Waals surface area (Å²) in [4.78, 5) is 26.7. The second-order valence-electron chi connectivity index (χ2n) is 6.53. The van der Waals surface area contributed by atoms with Crippen LogP contribution in [-0.2, 0) is 16.1 Å². The fourth-order valence-electron chi connectivity index (χ4n) is 3.09. The van der Waals surface area contributed by atoms with E-state index in [4.69, 9.17) is 4.74 Å². The molecule has 2 amide bonds. The van der Waals surface area contributed by atoms with Gasteiger partial charge in [0.2, 0.25) is 5.91 Å². The minimum Gasteiger partial charge on any atom is -0.445 e. The van der Waals surface area contributed by atoms with Crippen LogP contribution in [0.3, 0.4) is 0 Å². The summed E-state index contributed by atoms with van der Waals surface area (Å²) in [7, 11) is 0. The van der Waals surface area contributed by atoms with Gasteiger partial charge in [-0.15, -0.1) is 0 Å². The molecule has 5 nitrogen and oxygen atoms in total. The molecule has 3 rings (SSSR count). The molecule has 1 saturated heterocycles. The van der Waals surface area contributed by atoms with Crippen molar-refractivity contribution in [1.82, 2.24) is 4.90 Å². The van der Waals surface area contributed by atoms with Gasteiger partial charge in [0.25, 0.3) is 0 Å². The highest BCUT2D eigenvalue weighted by Crippen LogP contribution is 2.31. The molecule has 0 bridgehead atoms. The number of nitrogens with one attached hydrogen (secondary N) is 1. The molecule has 0 aliphatic carbocycles. The molecule has 1 heterocycles. The van der Waals surface area contributed by atoms with Gasteiger partial charge in [0.05, 0.1) is 0 Å². The van der Waals surface area contributed by atoms with E-state index < -0.39 is 11.6 Å². The number of benzene rings is 2. The summed E-state index contributed by atoms with van der Waals surface area (Å²) in [5.41, 5.74) is 0.377. The van der Waals surface area contributed by atoms with E-state index in [1.807, 2.05) is 30.3 Å². The molecular formula is C20H21FN2O3. The lowest BCUT2D eigenvalue weighted by molar-refractivity contribution is -0.125. The Bertz CT molecular complexity index is 779. The first-order valence-electron chi connectivity index (χ1n) is 8.54. The van der Waals surface area contributed by atoms with Crippen molar-refractivity contribution in [2.45, 2.75) is 31.9 Å². The van der Waals surface area contributed by atoms with E-state index >= 15 is 0 Å². The van der Waals surface area contributed by atoms with Crippen molar-refractivity contribution >= 4 is 17.7 Å². The zero-order valence-corrected chi connectivity index (χ0v) is 14.6. The van der Waals surface area contributed by atoms with Crippen LogP contribution in [-0.4, -0.2) is 29.0 Å². The van der Waals surface area contributed by atoms with Crippen LogP contribution < -0.4 is 5.32 Å². The van der Waals surface area contributed by atoms with Crippen molar-refractivity contribution in [3.63, 3.8) is 0 Å². The van der Waals surface area contributed by atoms with Gasteiger partial charge in [0.1, 0.15) is 18.0 Å². The van der Waals surface area contributed by atoms with Crippen LogP contribution in [0.1, 0.15) is 25.3 Å². The number of hydrogen-bond acceptors (Lipinski definition) is 3. The van der Waals surface area contributed by atoms with Crippen LogP contribution >= 0.6 is 0 Å². The number of anilines is 1. The third-order valence-electron chi connectivity index (χ3n) is 4.66. The van der Waals surface area contributed by atoms with Gasteiger partial charge in [-0.2, -0.15) is 0 Å². The number of amides is 2. The molecule has 0 saturated carbocycles. The zero-order chi connectivity index (χ0) is 18.6. The highest BCUT2D eigenvalue weighted by molar-refractivity contribution is 6.00. The normalized spacial score (nSPS) is 19.2. The minimum atomic E-state index is -0.998. The second-order valence-corrected chi connectivity index (χ2v) is 6.53. The van der Waals surface area contributed by atoms with E-state index in [0.717, 1.165) is 5.56 Å². The van der Waals surface area contributed by atoms with E-state index in [1.165, 1.54) is 29.2 Å². The van der Waals surface area contributed by atoms with E-state index in [2.05, 4.69) is 5.32 Å². The molecule has 1 atom stereocenters. The third-order valence-corrected chi connectivity index (χ3v) is 4.66. The predicted molar refractivity (Wildman–Crippen MR) is 96.0 cm³/mol. The van der Waals surface area contributed by atoms with Crippen LogP contribution in [0.15, 0.2) is 54.6 Å². The molecule has 0 spiro atoms. The average molecular weight is 356 g/mol. The third kappa shape index (κ3) is 3.85. The Labute approximate surface area is 151 Å². The Hall–Kier alpha value is -2.89. The number of nitrogens with zero attached hydrogens (tertiary/aromatic N) is 1. The Kier molecular flexibility index (Phi) is 5.21. The highest BCUT2D eigenvalue weighted by Gasteiger charge is 2.46. The maximum absolute atomic E-state index is 13.0. The fraction of sp³-hybridized carbons (Fsp3) is 0.300. The van der Waals surface area contributed by atoms with Gasteiger partial charge in [0.15, 0.2) is 0 Å². The number of ether oxygens (including phenoxy) is 1. The predicted octanol–water partition coefficient (Wildman–Crippen LogP) is 3.96. The molecule has 0 aromatic heterocycles. The van der Waals surface area contributed by atoms with Crippen LogP contribution in [0.5, 0.6) is 0 Å². The Morgan fingerprint density at radius 1 is 1.15 bits per heavy atom. The van der Waals surface area contributed by atoms with Crippen LogP contribution in [0.4, 0.5) is 14.9 Å². The maximum atomic E-state index is 13.0. The summed E-state index contributed by atoms with van der Waals surface area (Å²) in [6.07, 6.45) is 0.747. The largest absolute Gasteiger partial charge is 0.445 e.